The number of aromatic nitrogens is 1. The van der Waals surface area contributed by atoms with Crippen LogP contribution in [0.1, 0.15) is 17.2 Å². The minimum Gasteiger partial charge on any atom is -0.445 e. The van der Waals surface area contributed by atoms with E-state index < -0.39 is 12.1 Å². The highest BCUT2D eigenvalue weighted by atomic mass is 16.3. The molecule has 1 aliphatic rings. The summed E-state index contributed by atoms with van der Waals surface area (Å²) in [6.45, 7) is 0. The largest absolute Gasteiger partial charge is 0.445 e. The molecule has 126 valence electrons. The van der Waals surface area contributed by atoms with Crippen LogP contribution in [0.4, 0.5) is 10.5 Å². The van der Waals surface area contributed by atoms with E-state index in [0.717, 1.165) is 16.7 Å². The molecule has 3 N–H and O–H groups in total. The van der Waals surface area contributed by atoms with Gasteiger partial charge in [-0.3, -0.25) is 0 Å². The molecule has 0 radical (unpaired) electrons. The number of oxazole rings is 1. The summed E-state index contributed by atoms with van der Waals surface area (Å²) in [6.07, 6.45) is 3.03. The van der Waals surface area contributed by atoms with Gasteiger partial charge >= 0.3 is 6.03 Å². The summed E-state index contributed by atoms with van der Waals surface area (Å²) in [5, 5.41) is 15.8. The van der Waals surface area contributed by atoms with Crippen molar-refractivity contribution in [2.24, 2.45) is 0 Å². The van der Waals surface area contributed by atoms with Gasteiger partial charge in [0, 0.05) is 17.7 Å². The number of hydrogen-bond acceptors (Lipinski definition) is 4. The van der Waals surface area contributed by atoms with Crippen molar-refractivity contribution in [3.05, 3.63) is 72.1 Å². The number of nitrogens with one attached hydrogen (secondary N) is 2. The van der Waals surface area contributed by atoms with Crippen molar-refractivity contribution in [1.82, 2.24) is 10.3 Å². The summed E-state index contributed by atoms with van der Waals surface area (Å²) in [7, 11) is 0. The van der Waals surface area contributed by atoms with Crippen LogP contribution in [-0.2, 0) is 6.42 Å². The SMILES string of the molecule is O=C(Nc1ccc(-c2ncco2)cc1)N[C@@H]1c2ccccc2C[C@@H]1O. The smallest absolute Gasteiger partial charge is 0.319 e. The van der Waals surface area contributed by atoms with E-state index in [4.69, 9.17) is 4.42 Å². The first kappa shape index (κ1) is 15.4. The molecule has 0 aliphatic heterocycles. The highest BCUT2D eigenvalue weighted by molar-refractivity contribution is 5.90. The molecule has 1 aliphatic carbocycles. The van der Waals surface area contributed by atoms with Crippen molar-refractivity contribution in [2.75, 3.05) is 5.32 Å². The van der Waals surface area contributed by atoms with Crippen LogP contribution in [0.2, 0.25) is 0 Å². The van der Waals surface area contributed by atoms with Crippen molar-refractivity contribution >= 4 is 11.7 Å². The van der Waals surface area contributed by atoms with E-state index in [1.165, 1.54) is 6.26 Å². The Morgan fingerprint density at radius 1 is 1.16 bits per heavy atom. The van der Waals surface area contributed by atoms with Gasteiger partial charge in [0.05, 0.1) is 18.3 Å². The Hall–Kier alpha value is -3.12. The summed E-state index contributed by atoms with van der Waals surface area (Å²) in [6, 6.07) is 14.2. The second-order valence-electron chi connectivity index (χ2n) is 5.96. The number of aliphatic hydroxyl groups is 1. The fraction of sp³-hybridized carbons (Fsp3) is 0.158. The van der Waals surface area contributed by atoms with E-state index in [1.807, 2.05) is 36.4 Å². The lowest BCUT2D eigenvalue weighted by Crippen LogP contribution is -2.36. The summed E-state index contributed by atoms with van der Waals surface area (Å²) in [5.74, 6) is 0.529. The highest BCUT2D eigenvalue weighted by Gasteiger charge is 2.31. The standard InChI is InChI=1S/C19H17N3O3/c23-16-11-13-3-1-2-4-15(13)17(16)22-19(24)21-14-7-5-12(6-8-14)18-20-9-10-25-18/h1-10,16-17,23H,11H2,(H2,21,22,24)/t16-,17+/m0/s1. The van der Waals surface area contributed by atoms with Crippen LogP contribution in [0.15, 0.2) is 65.4 Å². The number of amides is 2. The number of fused-ring (bicyclic) bond motifs is 1. The Kier molecular flexibility index (Phi) is 3.95. The maximum atomic E-state index is 12.3. The molecule has 2 amide bonds. The number of urea groups is 1. The molecule has 25 heavy (non-hydrogen) atoms. The monoisotopic (exact) mass is 335 g/mol. The molecule has 0 saturated heterocycles. The normalized spacial score (nSPS) is 18.6. The number of anilines is 1. The van der Waals surface area contributed by atoms with Gasteiger partial charge in [-0.05, 0) is 35.4 Å². The Morgan fingerprint density at radius 3 is 2.72 bits per heavy atom. The highest BCUT2D eigenvalue weighted by Crippen LogP contribution is 2.31. The molecule has 3 aromatic rings. The zero-order valence-corrected chi connectivity index (χ0v) is 13.3. The van der Waals surface area contributed by atoms with Gasteiger partial charge in [0.1, 0.15) is 6.26 Å². The van der Waals surface area contributed by atoms with E-state index in [-0.39, 0.29) is 6.03 Å². The second-order valence-corrected chi connectivity index (χ2v) is 5.96. The Bertz CT molecular complexity index is 875. The molecule has 0 spiro atoms. The molecular formula is C19H17N3O3. The third-order valence-electron chi connectivity index (χ3n) is 4.31. The van der Waals surface area contributed by atoms with Crippen LogP contribution in [-0.4, -0.2) is 22.2 Å². The van der Waals surface area contributed by atoms with Gasteiger partial charge < -0.3 is 20.2 Å². The lowest BCUT2D eigenvalue weighted by molar-refractivity contribution is 0.144. The van der Waals surface area contributed by atoms with Crippen LogP contribution in [0, 0.1) is 0 Å². The zero-order chi connectivity index (χ0) is 17.2. The van der Waals surface area contributed by atoms with Crippen LogP contribution in [0.5, 0.6) is 0 Å². The molecule has 0 bridgehead atoms. The molecule has 0 unspecified atom stereocenters. The molecule has 0 saturated carbocycles. The Labute approximate surface area is 144 Å². The van der Waals surface area contributed by atoms with Crippen LogP contribution < -0.4 is 10.6 Å². The summed E-state index contributed by atoms with van der Waals surface area (Å²) in [5.41, 5.74) is 3.50. The van der Waals surface area contributed by atoms with Crippen molar-refractivity contribution < 1.29 is 14.3 Å². The predicted octanol–water partition coefficient (Wildman–Crippen LogP) is 3.12. The molecule has 6 nitrogen and oxygen atoms in total. The molecular weight excluding hydrogens is 318 g/mol. The van der Waals surface area contributed by atoms with Crippen molar-refractivity contribution in [1.29, 1.82) is 0 Å². The maximum absolute atomic E-state index is 12.3. The number of rotatable bonds is 3. The van der Waals surface area contributed by atoms with Gasteiger partial charge in [-0.25, -0.2) is 9.78 Å². The molecule has 1 heterocycles. The fourth-order valence-corrected chi connectivity index (χ4v) is 3.12. The minimum absolute atomic E-state index is 0.357. The number of hydrogen-bond donors (Lipinski definition) is 3. The number of nitrogens with zero attached hydrogens (tertiary/aromatic N) is 1. The molecule has 2 aromatic carbocycles. The molecule has 4 rings (SSSR count). The molecule has 2 atom stereocenters. The van der Waals surface area contributed by atoms with Gasteiger partial charge in [-0.1, -0.05) is 24.3 Å². The van der Waals surface area contributed by atoms with Gasteiger partial charge in [-0.2, -0.15) is 0 Å². The summed E-state index contributed by atoms with van der Waals surface area (Å²) >= 11 is 0. The van der Waals surface area contributed by atoms with Crippen LogP contribution in [0.25, 0.3) is 11.5 Å². The Balaban J connectivity index is 1.42. The minimum atomic E-state index is -0.615. The topological polar surface area (TPSA) is 87.4 Å². The van der Waals surface area contributed by atoms with Crippen molar-refractivity contribution in [3.8, 4) is 11.5 Å². The van der Waals surface area contributed by atoms with E-state index in [0.29, 0.717) is 18.0 Å². The van der Waals surface area contributed by atoms with Crippen molar-refractivity contribution in [3.63, 3.8) is 0 Å². The predicted molar refractivity (Wildman–Crippen MR) is 93.0 cm³/mol. The second kappa shape index (κ2) is 6.41. The average molecular weight is 335 g/mol. The Morgan fingerprint density at radius 2 is 1.96 bits per heavy atom. The number of carbonyl (C=O) groups excluding carboxylic acids is 1. The molecule has 0 fully saturated rings. The van der Waals surface area contributed by atoms with Crippen LogP contribution in [0.3, 0.4) is 0 Å². The van der Waals surface area contributed by atoms with Crippen LogP contribution >= 0.6 is 0 Å². The first-order valence-electron chi connectivity index (χ1n) is 8.04. The lowest BCUT2D eigenvalue weighted by atomic mass is 10.1. The molecule has 6 heteroatoms. The summed E-state index contributed by atoms with van der Waals surface area (Å²) < 4.78 is 5.24. The van der Waals surface area contributed by atoms with Gasteiger partial charge in [0.25, 0.3) is 0 Å². The fourth-order valence-electron chi connectivity index (χ4n) is 3.12. The lowest BCUT2D eigenvalue weighted by Gasteiger charge is -2.18. The van der Waals surface area contributed by atoms with Gasteiger partial charge in [-0.15, -0.1) is 0 Å². The number of benzene rings is 2. The van der Waals surface area contributed by atoms with E-state index in [1.54, 1.807) is 18.3 Å². The van der Waals surface area contributed by atoms with Gasteiger partial charge in [0.2, 0.25) is 5.89 Å². The quantitative estimate of drug-likeness (QED) is 0.686. The number of aliphatic hydroxyl groups excluding tert-OH is 1. The van der Waals surface area contributed by atoms with Gasteiger partial charge in [0.15, 0.2) is 0 Å². The zero-order valence-electron chi connectivity index (χ0n) is 13.3. The number of carbonyl (C=O) groups is 1. The first-order chi connectivity index (χ1) is 12.2. The third kappa shape index (κ3) is 3.12. The van der Waals surface area contributed by atoms with Crippen molar-refractivity contribution in [2.45, 2.75) is 18.6 Å². The third-order valence-corrected chi connectivity index (χ3v) is 4.31. The van der Waals surface area contributed by atoms with E-state index in [2.05, 4.69) is 15.6 Å². The summed E-state index contributed by atoms with van der Waals surface area (Å²) in [4.78, 5) is 16.4. The van der Waals surface area contributed by atoms with E-state index >= 15 is 0 Å². The van der Waals surface area contributed by atoms with E-state index in [9.17, 15) is 9.90 Å². The average Bonchev–Trinajstić information content (AvgIpc) is 3.25. The maximum Gasteiger partial charge on any atom is 0.319 e. The molecule has 1 aromatic heterocycles. The first-order valence-corrected chi connectivity index (χ1v) is 8.04.